The highest BCUT2D eigenvalue weighted by molar-refractivity contribution is 5.20. The van der Waals surface area contributed by atoms with Crippen LogP contribution in [0.2, 0.25) is 0 Å². The van der Waals surface area contributed by atoms with E-state index >= 15 is 0 Å². The molecule has 2 heterocycles. The first-order valence-electron chi connectivity index (χ1n) is 6.80. The van der Waals surface area contributed by atoms with Crippen molar-refractivity contribution in [1.82, 2.24) is 10.2 Å². The Morgan fingerprint density at radius 2 is 2.21 bits per heavy atom. The van der Waals surface area contributed by atoms with Gasteiger partial charge in [0.1, 0.15) is 0 Å². The second-order valence-corrected chi connectivity index (χ2v) is 4.99. The second-order valence-electron chi connectivity index (χ2n) is 4.99. The average molecular weight is 255 g/mol. The topological polar surface area (TPSA) is 24.5 Å². The van der Waals surface area contributed by atoms with E-state index in [0.29, 0.717) is 0 Å². The van der Waals surface area contributed by atoms with Crippen molar-refractivity contribution < 1.29 is 4.74 Å². The van der Waals surface area contributed by atoms with Gasteiger partial charge in [0.15, 0.2) is 0 Å². The van der Waals surface area contributed by atoms with E-state index in [-0.39, 0.29) is 6.10 Å². The summed E-state index contributed by atoms with van der Waals surface area (Å²) in [6.45, 7) is 4.70. The molecule has 2 aliphatic rings. The Labute approximate surface area is 114 Å². The Bertz CT molecular complexity index is 467. The first-order chi connectivity index (χ1) is 9.42. The minimum Gasteiger partial charge on any atom is -0.380 e. The van der Waals surface area contributed by atoms with E-state index in [1.54, 1.807) is 0 Å². The van der Waals surface area contributed by atoms with Gasteiger partial charge < -0.3 is 10.1 Å². The Morgan fingerprint density at radius 3 is 3.00 bits per heavy atom. The summed E-state index contributed by atoms with van der Waals surface area (Å²) in [6, 6.07) is 10.5. The van der Waals surface area contributed by atoms with Crippen LogP contribution in [0.4, 0.5) is 0 Å². The average Bonchev–Trinajstić information content (AvgIpc) is 2.49. The Kier molecular flexibility index (Phi) is 3.96. The number of benzene rings is 1. The molecule has 0 amide bonds. The summed E-state index contributed by atoms with van der Waals surface area (Å²) in [4.78, 5) is 2.47. The van der Waals surface area contributed by atoms with Crippen molar-refractivity contribution in [2.75, 3.05) is 32.8 Å². The fraction of sp³-hybridized carbons (Fsp3) is 0.375. The molecule has 0 aromatic heterocycles. The van der Waals surface area contributed by atoms with Crippen molar-refractivity contribution in [2.45, 2.75) is 6.10 Å². The highest BCUT2D eigenvalue weighted by atomic mass is 16.5. The zero-order valence-corrected chi connectivity index (χ0v) is 11.0. The number of hydrogen-bond acceptors (Lipinski definition) is 3. The van der Waals surface area contributed by atoms with Crippen LogP contribution < -0.4 is 5.32 Å². The number of rotatable bonds is 3. The zero-order chi connectivity index (χ0) is 12.9. The van der Waals surface area contributed by atoms with Gasteiger partial charge in [0.2, 0.25) is 0 Å². The summed E-state index contributed by atoms with van der Waals surface area (Å²) in [6.07, 6.45) is 7.30. The monoisotopic (exact) mass is 255 g/mol. The number of dihydropyridines is 1. The quantitative estimate of drug-likeness (QED) is 0.893. The van der Waals surface area contributed by atoms with Crippen LogP contribution in [0.25, 0.3) is 0 Å². The van der Waals surface area contributed by atoms with E-state index in [0.717, 1.165) is 32.8 Å². The van der Waals surface area contributed by atoms with Gasteiger partial charge in [-0.25, -0.2) is 0 Å². The molecule has 3 nitrogen and oxygen atoms in total. The molecule has 0 spiro atoms. The molecule has 3 heteroatoms. The summed E-state index contributed by atoms with van der Waals surface area (Å²) in [5, 5.41) is 3.14. The van der Waals surface area contributed by atoms with Gasteiger partial charge in [-0.15, -0.1) is 0 Å². The lowest BCUT2D eigenvalue weighted by atomic mass is 10.1. The van der Waals surface area contributed by atoms with Crippen molar-refractivity contribution in [3.8, 4) is 0 Å². The van der Waals surface area contributed by atoms with Crippen LogP contribution >= 0.6 is 0 Å². The smallest absolute Gasteiger partial charge is 0.0952 e. The molecule has 0 aliphatic carbocycles. The van der Waals surface area contributed by atoms with Gasteiger partial charge >= 0.3 is 0 Å². The maximum atomic E-state index is 5.89. The highest BCUT2D eigenvalue weighted by Gasteiger charge is 2.22. The number of nitrogens with zero attached hydrogens (tertiary/aromatic N) is 1. The third-order valence-electron chi connectivity index (χ3n) is 3.57. The minimum absolute atomic E-state index is 0.203. The number of morpholine rings is 1. The zero-order valence-electron chi connectivity index (χ0n) is 11.0. The second kappa shape index (κ2) is 6.04. The molecular formula is C16H19N2O. The van der Waals surface area contributed by atoms with Crippen molar-refractivity contribution in [3.05, 3.63) is 59.8 Å². The van der Waals surface area contributed by atoms with Crippen LogP contribution in [-0.4, -0.2) is 37.7 Å². The predicted molar refractivity (Wildman–Crippen MR) is 75.5 cm³/mol. The van der Waals surface area contributed by atoms with Crippen molar-refractivity contribution >= 4 is 0 Å². The Balaban J connectivity index is 1.62. The Morgan fingerprint density at radius 1 is 1.32 bits per heavy atom. The standard InChI is InChI=1S/C16H19N2O/c1-2-6-15(7-3-1)16-13-18(9-10-19-16)12-14-5-4-8-17-11-14/h1-7,16-17H,9-13H2/t16-/m1/s1. The molecule has 2 aliphatic heterocycles. The van der Waals surface area contributed by atoms with Crippen LogP contribution in [0.5, 0.6) is 0 Å². The Hall–Kier alpha value is -1.58. The molecule has 1 saturated heterocycles. The summed E-state index contributed by atoms with van der Waals surface area (Å²) in [5.41, 5.74) is 2.68. The normalized spacial score (nSPS) is 23.8. The van der Waals surface area contributed by atoms with Crippen LogP contribution in [0, 0.1) is 6.20 Å². The van der Waals surface area contributed by atoms with Gasteiger partial charge in [-0.3, -0.25) is 4.90 Å². The maximum Gasteiger partial charge on any atom is 0.0952 e. The van der Waals surface area contributed by atoms with Crippen molar-refractivity contribution in [3.63, 3.8) is 0 Å². The highest BCUT2D eigenvalue weighted by Crippen LogP contribution is 2.22. The number of ether oxygens (including phenoxy) is 1. The van der Waals surface area contributed by atoms with Crippen LogP contribution in [-0.2, 0) is 4.74 Å². The largest absolute Gasteiger partial charge is 0.380 e. The van der Waals surface area contributed by atoms with Crippen LogP contribution in [0.3, 0.4) is 0 Å². The molecule has 0 saturated carbocycles. The number of allylic oxidation sites excluding steroid dienone is 2. The molecule has 0 bridgehead atoms. The summed E-state index contributed by atoms with van der Waals surface area (Å²) in [5.74, 6) is 0. The fourth-order valence-electron chi connectivity index (χ4n) is 2.55. The lowest BCUT2D eigenvalue weighted by Gasteiger charge is -2.34. The molecule has 1 N–H and O–H groups in total. The van der Waals surface area contributed by atoms with Gasteiger partial charge in [0, 0.05) is 26.2 Å². The van der Waals surface area contributed by atoms with E-state index < -0.39 is 0 Å². The van der Waals surface area contributed by atoms with Crippen molar-refractivity contribution in [2.24, 2.45) is 0 Å². The molecule has 1 fully saturated rings. The SMILES string of the molecule is [C]1=CC=C(CN2CCO[C@@H](c3ccccc3)C2)CN1. The molecule has 99 valence electrons. The maximum absolute atomic E-state index is 5.89. The molecule has 0 unspecified atom stereocenters. The first kappa shape index (κ1) is 12.5. The molecule has 1 aromatic rings. The molecule has 1 atom stereocenters. The third kappa shape index (κ3) is 3.25. The predicted octanol–water partition coefficient (Wildman–Crippen LogP) is 1.91. The lowest BCUT2D eigenvalue weighted by Crippen LogP contribution is -2.40. The van der Waals surface area contributed by atoms with Gasteiger partial charge in [0.25, 0.3) is 0 Å². The lowest BCUT2D eigenvalue weighted by molar-refractivity contribution is -0.0269. The van der Waals surface area contributed by atoms with E-state index in [4.69, 9.17) is 4.74 Å². The van der Waals surface area contributed by atoms with Gasteiger partial charge in [-0.1, -0.05) is 36.4 Å². The third-order valence-corrected chi connectivity index (χ3v) is 3.57. The summed E-state index contributed by atoms with van der Waals surface area (Å²) in [7, 11) is 0. The number of nitrogens with one attached hydrogen (secondary N) is 1. The molecule has 19 heavy (non-hydrogen) atoms. The van der Waals surface area contributed by atoms with Gasteiger partial charge in [-0.2, -0.15) is 0 Å². The van der Waals surface area contributed by atoms with Crippen LogP contribution in [0.15, 0.2) is 48.1 Å². The van der Waals surface area contributed by atoms with E-state index in [1.165, 1.54) is 11.1 Å². The van der Waals surface area contributed by atoms with E-state index in [9.17, 15) is 0 Å². The van der Waals surface area contributed by atoms with Gasteiger partial charge in [-0.05, 0) is 17.2 Å². The number of hydrogen-bond donors (Lipinski definition) is 1. The molecule has 1 radical (unpaired) electrons. The van der Waals surface area contributed by atoms with Crippen molar-refractivity contribution in [1.29, 1.82) is 0 Å². The fourth-order valence-corrected chi connectivity index (χ4v) is 2.55. The minimum atomic E-state index is 0.203. The van der Waals surface area contributed by atoms with E-state index in [2.05, 4.69) is 46.8 Å². The first-order valence-corrected chi connectivity index (χ1v) is 6.80. The molecule has 1 aromatic carbocycles. The summed E-state index contributed by atoms with van der Waals surface area (Å²) >= 11 is 0. The van der Waals surface area contributed by atoms with E-state index in [1.807, 2.05) is 12.1 Å². The van der Waals surface area contributed by atoms with Gasteiger partial charge in [0.05, 0.1) is 18.9 Å². The molecular weight excluding hydrogens is 236 g/mol. The molecule has 3 rings (SSSR count). The summed E-state index contributed by atoms with van der Waals surface area (Å²) < 4.78 is 5.89. The van der Waals surface area contributed by atoms with Crippen LogP contribution in [0.1, 0.15) is 11.7 Å².